The Hall–Kier alpha value is -2.33. The minimum absolute atomic E-state index is 0.179. The van der Waals surface area contributed by atoms with Crippen LogP contribution in [0.25, 0.3) is 5.57 Å². The smallest absolute Gasteiger partial charge is 0.268 e. The molecule has 0 saturated heterocycles. The molecular formula is C20H19NO2S. The molecule has 0 unspecified atom stereocenters. The van der Waals surface area contributed by atoms with E-state index in [1.165, 1.54) is 16.7 Å². The molecule has 0 radical (unpaired) electrons. The molecule has 0 saturated carbocycles. The van der Waals surface area contributed by atoms with Gasteiger partial charge in [0.1, 0.15) is 0 Å². The predicted molar refractivity (Wildman–Crippen MR) is 97.3 cm³/mol. The SMILES string of the molecule is CCCCN1C(=O)C(Sc2ccccc2)=C(c2ccccc2)C1=O. The molecule has 3 nitrogen and oxygen atoms in total. The van der Waals surface area contributed by atoms with Crippen molar-refractivity contribution in [3.63, 3.8) is 0 Å². The number of hydrogen-bond donors (Lipinski definition) is 0. The van der Waals surface area contributed by atoms with Crippen molar-refractivity contribution in [2.45, 2.75) is 24.7 Å². The lowest BCUT2D eigenvalue weighted by Gasteiger charge is -2.14. The number of benzene rings is 2. The number of amides is 2. The third kappa shape index (κ3) is 3.29. The minimum Gasteiger partial charge on any atom is -0.274 e. The van der Waals surface area contributed by atoms with Gasteiger partial charge in [0.2, 0.25) is 0 Å². The van der Waals surface area contributed by atoms with E-state index in [9.17, 15) is 9.59 Å². The van der Waals surface area contributed by atoms with Gasteiger partial charge in [-0.2, -0.15) is 0 Å². The molecule has 0 aromatic heterocycles. The highest BCUT2D eigenvalue weighted by atomic mass is 32.2. The van der Waals surface area contributed by atoms with Crippen molar-refractivity contribution >= 4 is 29.1 Å². The van der Waals surface area contributed by atoms with Crippen molar-refractivity contribution in [2.75, 3.05) is 6.54 Å². The number of thioether (sulfide) groups is 1. The Labute approximate surface area is 146 Å². The van der Waals surface area contributed by atoms with Gasteiger partial charge in [-0.05, 0) is 24.1 Å². The normalized spacial score (nSPS) is 14.6. The highest BCUT2D eigenvalue weighted by Gasteiger charge is 2.38. The summed E-state index contributed by atoms with van der Waals surface area (Å²) < 4.78 is 0. The first-order valence-corrected chi connectivity index (χ1v) is 8.92. The second kappa shape index (κ2) is 7.49. The van der Waals surface area contributed by atoms with Gasteiger partial charge in [0.25, 0.3) is 11.8 Å². The van der Waals surface area contributed by atoms with E-state index in [2.05, 4.69) is 6.92 Å². The molecule has 24 heavy (non-hydrogen) atoms. The molecule has 0 aliphatic carbocycles. The Balaban J connectivity index is 2.01. The van der Waals surface area contributed by atoms with Crippen LogP contribution in [-0.4, -0.2) is 23.3 Å². The summed E-state index contributed by atoms with van der Waals surface area (Å²) in [5.41, 5.74) is 1.32. The van der Waals surface area contributed by atoms with Crippen molar-refractivity contribution in [3.8, 4) is 0 Å². The molecule has 4 heteroatoms. The molecule has 1 aliphatic rings. The Morgan fingerprint density at radius 2 is 1.50 bits per heavy atom. The van der Waals surface area contributed by atoms with Crippen LogP contribution in [0.15, 0.2) is 70.5 Å². The highest BCUT2D eigenvalue weighted by molar-refractivity contribution is 8.04. The Kier molecular flexibility index (Phi) is 5.16. The average Bonchev–Trinajstić information content (AvgIpc) is 2.85. The van der Waals surface area contributed by atoms with Crippen LogP contribution in [0.5, 0.6) is 0 Å². The summed E-state index contributed by atoms with van der Waals surface area (Å²) in [6.45, 7) is 2.53. The van der Waals surface area contributed by atoms with Crippen LogP contribution in [0, 0.1) is 0 Å². The van der Waals surface area contributed by atoms with Crippen molar-refractivity contribution in [2.24, 2.45) is 0 Å². The topological polar surface area (TPSA) is 37.4 Å². The zero-order chi connectivity index (χ0) is 16.9. The number of rotatable bonds is 6. The lowest BCUT2D eigenvalue weighted by Crippen LogP contribution is -2.32. The summed E-state index contributed by atoms with van der Waals surface area (Å²) in [6, 6.07) is 19.2. The molecule has 1 aliphatic heterocycles. The van der Waals surface area contributed by atoms with Crippen LogP contribution < -0.4 is 0 Å². The maximum absolute atomic E-state index is 12.9. The monoisotopic (exact) mass is 337 g/mol. The molecule has 0 spiro atoms. The number of imide groups is 1. The van der Waals surface area contributed by atoms with Crippen LogP contribution in [-0.2, 0) is 9.59 Å². The summed E-state index contributed by atoms with van der Waals surface area (Å²) in [5, 5.41) is 0. The molecular weight excluding hydrogens is 318 g/mol. The molecule has 2 amide bonds. The molecule has 0 bridgehead atoms. The van der Waals surface area contributed by atoms with Gasteiger partial charge >= 0.3 is 0 Å². The van der Waals surface area contributed by atoms with Crippen molar-refractivity contribution in [1.29, 1.82) is 0 Å². The average molecular weight is 337 g/mol. The second-order valence-corrected chi connectivity index (χ2v) is 6.68. The van der Waals surface area contributed by atoms with E-state index in [1.807, 2.05) is 60.7 Å². The van der Waals surface area contributed by atoms with Gasteiger partial charge in [0.05, 0.1) is 10.5 Å². The molecule has 0 atom stereocenters. The molecule has 0 fully saturated rings. The number of nitrogens with zero attached hydrogens (tertiary/aromatic N) is 1. The van der Waals surface area contributed by atoms with E-state index >= 15 is 0 Å². The maximum atomic E-state index is 12.9. The number of unbranched alkanes of at least 4 members (excludes halogenated alkanes) is 1. The fourth-order valence-electron chi connectivity index (χ4n) is 2.63. The van der Waals surface area contributed by atoms with E-state index in [4.69, 9.17) is 0 Å². The largest absolute Gasteiger partial charge is 0.274 e. The fourth-order valence-corrected chi connectivity index (χ4v) is 3.67. The maximum Gasteiger partial charge on any atom is 0.268 e. The quantitative estimate of drug-likeness (QED) is 0.735. The summed E-state index contributed by atoms with van der Waals surface area (Å²) in [6.07, 6.45) is 1.77. The van der Waals surface area contributed by atoms with Gasteiger partial charge in [0, 0.05) is 11.4 Å². The van der Waals surface area contributed by atoms with Gasteiger partial charge in [-0.3, -0.25) is 14.5 Å². The lowest BCUT2D eigenvalue weighted by molar-refractivity contribution is -0.136. The van der Waals surface area contributed by atoms with E-state index in [0.29, 0.717) is 17.0 Å². The van der Waals surface area contributed by atoms with Crippen LogP contribution in [0.4, 0.5) is 0 Å². The summed E-state index contributed by atoms with van der Waals surface area (Å²) in [5.74, 6) is -0.362. The third-order valence-corrected chi connectivity index (χ3v) is 4.98. The standard InChI is InChI=1S/C20H19NO2S/c1-2-3-14-21-19(22)17(15-10-6-4-7-11-15)18(20(21)23)24-16-12-8-5-9-13-16/h4-13H,2-3,14H2,1H3. The fraction of sp³-hybridized carbons (Fsp3) is 0.200. The second-order valence-electron chi connectivity index (χ2n) is 5.60. The van der Waals surface area contributed by atoms with E-state index in [1.54, 1.807) is 0 Å². The Morgan fingerprint density at radius 1 is 0.875 bits per heavy atom. The highest BCUT2D eigenvalue weighted by Crippen LogP contribution is 2.39. The lowest BCUT2D eigenvalue weighted by atomic mass is 10.1. The van der Waals surface area contributed by atoms with E-state index in [-0.39, 0.29) is 11.8 Å². The van der Waals surface area contributed by atoms with Crippen LogP contribution >= 0.6 is 11.8 Å². The summed E-state index contributed by atoms with van der Waals surface area (Å²) >= 11 is 1.37. The van der Waals surface area contributed by atoms with E-state index in [0.717, 1.165) is 23.3 Å². The van der Waals surface area contributed by atoms with Gasteiger partial charge in [0.15, 0.2) is 0 Å². The third-order valence-electron chi connectivity index (χ3n) is 3.89. The Morgan fingerprint density at radius 3 is 2.12 bits per heavy atom. The Bertz CT molecular complexity index is 769. The molecule has 0 N–H and O–H groups in total. The predicted octanol–water partition coefficient (Wildman–Crippen LogP) is 4.36. The number of carbonyl (C=O) groups excluding carboxylic acids is 2. The molecule has 3 rings (SSSR count). The van der Waals surface area contributed by atoms with Crippen LogP contribution in [0.2, 0.25) is 0 Å². The molecule has 2 aromatic carbocycles. The number of hydrogen-bond acceptors (Lipinski definition) is 3. The first kappa shape index (κ1) is 16.5. The van der Waals surface area contributed by atoms with Crippen LogP contribution in [0.1, 0.15) is 25.3 Å². The summed E-state index contributed by atoms with van der Waals surface area (Å²) in [4.78, 5) is 28.6. The van der Waals surface area contributed by atoms with Gasteiger partial charge in [-0.25, -0.2) is 0 Å². The van der Waals surface area contributed by atoms with E-state index < -0.39 is 0 Å². The first-order chi connectivity index (χ1) is 11.7. The minimum atomic E-state index is -0.182. The molecule has 1 heterocycles. The van der Waals surface area contributed by atoms with Gasteiger partial charge in [-0.1, -0.05) is 73.6 Å². The van der Waals surface area contributed by atoms with Crippen molar-refractivity contribution in [3.05, 3.63) is 71.1 Å². The van der Waals surface area contributed by atoms with Gasteiger partial charge < -0.3 is 0 Å². The zero-order valence-corrected chi connectivity index (χ0v) is 14.4. The number of carbonyl (C=O) groups is 2. The van der Waals surface area contributed by atoms with Gasteiger partial charge in [-0.15, -0.1) is 0 Å². The van der Waals surface area contributed by atoms with Crippen molar-refractivity contribution in [1.82, 2.24) is 4.90 Å². The molecule has 2 aromatic rings. The van der Waals surface area contributed by atoms with Crippen LogP contribution in [0.3, 0.4) is 0 Å². The molecule has 122 valence electrons. The zero-order valence-electron chi connectivity index (χ0n) is 13.6. The van der Waals surface area contributed by atoms with Crippen molar-refractivity contribution < 1.29 is 9.59 Å². The summed E-state index contributed by atoms with van der Waals surface area (Å²) in [7, 11) is 0. The first-order valence-electron chi connectivity index (χ1n) is 8.11.